The second kappa shape index (κ2) is 6.07. The van der Waals surface area contributed by atoms with Gasteiger partial charge in [0.2, 0.25) is 0 Å². The number of nitrogens with one attached hydrogen (secondary N) is 2. The number of likely N-dealkylation sites (N-methyl/N-ethyl adjacent to an activating group) is 1. The molecule has 0 radical (unpaired) electrons. The van der Waals surface area contributed by atoms with E-state index >= 15 is 0 Å². The molecule has 2 N–H and O–H groups in total. The van der Waals surface area contributed by atoms with Crippen LogP contribution in [0.5, 0.6) is 0 Å². The molecule has 0 fully saturated rings. The van der Waals surface area contributed by atoms with E-state index in [4.69, 9.17) is 4.74 Å². The number of carbonyl (C=O) groups is 1. The molecule has 1 unspecified atom stereocenters. The summed E-state index contributed by atoms with van der Waals surface area (Å²) in [5.74, 6) is -0.485. The molecule has 4 nitrogen and oxygen atoms in total. The van der Waals surface area contributed by atoms with Crippen molar-refractivity contribution in [3.05, 3.63) is 30.1 Å². The number of hydrogen-bond donors (Lipinski definition) is 2. The van der Waals surface area contributed by atoms with Gasteiger partial charge in [-0.1, -0.05) is 12.1 Å². The summed E-state index contributed by atoms with van der Waals surface area (Å²) in [5, 5.41) is 5.20. The van der Waals surface area contributed by atoms with Crippen molar-refractivity contribution in [2.75, 3.05) is 18.9 Å². The fourth-order valence-electron chi connectivity index (χ4n) is 1.21. The molecule has 1 aromatic rings. The molecule has 5 heteroatoms. The van der Waals surface area contributed by atoms with E-state index in [2.05, 4.69) is 10.6 Å². The Hall–Kier alpha value is -1.62. The Morgan fingerprint density at radius 1 is 1.50 bits per heavy atom. The summed E-state index contributed by atoms with van der Waals surface area (Å²) in [5.41, 5.74) is 0.115. The predicted molar refractivity (Wildman–Crippen MR) is 59.9 cm³/mol. The zero-order chi connectivity index (χ0) is 12.0. The van der Waals surface area contributed by atoms with Crippen LogP contribution in [0.2, 0.25) is 0 Å². The van der Waals surface area contributed by atoms with Gasteiger partial charge < -0.3 is 10.1 Å². The molecule has 0 aliphatic rings. The van der Waals surface area contributed by atoms with Crippen molar-refractivity contribution in [1.82, 2.24) is 5.32 Å². The van der Waals surface area contributed by atoms with E-state index in [0.717, 1.165) is 0 Å². The van der Waals surface area contributed by atoms with Crippen LogP contribution in [0, 0.1) is 5.82 Å². The summed E-state index contributed by atoms with van der Waals surface area (Å²) < 4.78 is 18.1. The van der Waals surface area contributed by atoms with Crippen LogP contribution in [0.3, 0.4) is 0 Å². The number of ether oxygens (including phenoxy) is 1. The van der Waals surface area contributed by atoms with E-state index in [-0.39, 0.29) is 11.8 Å². The van der Waals surface area contributed by atoms with Gasteiger partial charge in [-0.25, -0.2) is 9.18 Å². The van der Waals surface area contributed by atoms with E-state index in [0.29, 0.717) is 6.54 Å². The molecule has 88 valence electrons. The lowest BCUT2D eigenvalue weighted by atomic mass is 10.3. The van der Waals surface area contributed by atoms with Crippen LogP contribution in [0.1, 0.15) is 6.92 Å². The van der Waals surface area contributed by atoms with Gasteiger partial charge in [-0.3, -0.25) is 5.32 Å². The highest BCUT2D eigenvalue weighted by Gasteiger charge is 2.10. The first-order valence-corrected chi connectivity index (χ1v) is 5.00. The van der Waals surface area contributed by atoms with E-state index in [9.17, 15) is 9.18 Å². The Labute approximate surface area is 93.8 Å². The number of rotatable bonds is 4. The molecule has 0 aromatic heterocycles. The maximum absolute atomic E-state index is 13.2. The van der Waals surface area contributed by atoms with Crippen molar-refractivity contribution < 1.29 is 13.9 Å². The molecule has 1 atom stereocenters. The molecular formula is C11H15FN2O2. The second-order valence-corrected chi connectivity index (χ2v) is 3.38. The number of amides is 1. The molecule has 1 amide bonds. The molecular weight excluding hydrogens is 211 g/mol. The van der Waals surface area contributed by atoms with Crippen molar-refractivity contribution in [2.45, 2.75) is 13.0 Å². The van der Waals surface area contributed by atoms with Crippen LogP contribution in [-0.4, -0.2) is 25.8 Å². The highest BCUT2D eigenvalue weighted by atomic mass is 19.1. The zero-order valence-corrected chi connectivity index (χ0v) is 9.29. The standard InChI is InChI=1S/C11H15FN2O2/c1-8(7-13-2)16-11(15)14-10-6-4-3-5-9(10)12/h3-6,8,13H,7H2,1-2H3,(H,14,15). The van der Waals surface area contributed by atoms with Crippen LogP contribution in [0.15, 0.2) is 24.3 Å². The Morgan fingerprint density at radius 3 is 2.81 bits per heavy atom. The first-order valence-electron chi connectivity index (χ1n) is 5.00. The number of anilines is 1. The second-order valence-electron chi connectivity index (χ2n) is 3.38. The molecule has 0 aliphatic carbocycles. The highest BCUT2D eigenvalue weighted by molar-refractivity contribution is 5.84. The maximum Gasteiger partial charge on any atom is 0.412 e. The molecule has 0 bridgehead atoms. The normalized spacial score (nSPS) is 11.9. The molecule has 0 saturated heterocycles. The molecule has 0 heterocycles. The van der Waals surface area contributed by atoms with Crippen molar-refractivity contribution in [2.24, 2.45) is 0 Å². The quantitative estimate of drug-likeness (QED) is 0.825. The number of halogens is 1. The summed E-state index contributed by atoms with van der Waals surface area (Å²) in [6.45, 7) is 2.29. The SMILES string of the molecule is CNCC(C)OC(=O)Nc1ccccc1F. The van der Waals surface area contributed by atoms with Gasteiger partial charge >= 0.3 is 6.09 Å². The third-order valence-electron chi connectivity index (χ3n) is 1.91. The summed E-state index contributed by atoms with van der Waals surface area (Å²) >= 11 is 0. The molecule has 0 saturated carbocycles. The van der Waals surface area contributed by atoms with Gasteiger partial charge in [0.15, 0.2) is 0 Å². The Morgan fingerprint density at radius 2 is 2.19 bits per heavy atom. The average molecular weight is 226 g/mol. The van der Waals surface area contributed by atoms with E-state index < -0.39 is 11.9 Å². The van der Waals surface area contributed by atoms with Gasteiger partial charge in [0.25, 0.3) is 0 Å². The number of para-hydroxylation sites is 1. The Balaban J connectivity index is 2.49. The summed E-state index contributed by atoms with van der Waals surface area (Å²) in [6.07, 6.45) is -0.926. The van der Waals surface area contributed by atoms with E-state index in [1.165, 1.54) is 12.1 Å². The summed E-state index contributed by atoms with van der Waals surface area (Å²) in [6, 6.07) is 5.93. The number of benzene rings is 1. The lowest BCUT2D eigenvalue weighted by Gasteiger charge is -2.13. The number of hydrogen-bond acceptors (Lipinski definition) is 3. The fourth-order valence-corrected chi connectivity index (χ4v) is 1.21. The largest absolute Gasteiger partial charge is 0.445 e. The minimum Gasteiger partial charge on any atom is -0.445 e. The minimum atomic E-state index is -0.659. The topological polar surface area (TPSA) is 50.4 Å². The van der Waals surface area contributed by atoms with Crippen molar-refractivity contribution in [3.8, 4) is 0 Å². The monoisotopic (exact) mass is 226 g/mol. The van der Waals surface area contributed by atoms with Gasteiger partial charge in [-0.2, -0.15) is 0 Å². The minimum absolute atomic E-state index is 0.115. The molecule has 1 aromatic carbocycles. The average Bonchev–Trinajstić information content (AvgIpc) is 2.21. The maximum atomic E-state index is 13.2. The van der Waals surface area contributed by atoms with Crippen molar-refractivity contribution >= 4 is 11.8 Å². The molecule has 16 heavy (non-hydrogen) atoms. The Bertz CT molecular complexity index is 358. The first kappa shape index (κ1) is 12.4. The predicted octanol–water partition coefficient (Wildman–Crippen LogP) is 1.98. The van der Waals surface area contributed by atoms with Crippen molar-refractivity contribution in [1.29, 1.82) is 0 Å². The third kappa shape index (κ3) is 3.86. The highest BCUT2D eigenvalue weighted by Crippen LogP contribution is 2.12. The van der Waals surface area contributed by atoms with Crippen molar-refractivity contribution in [3.63, 3.8) is 0 Å². The fraction of sp³-hybridized carbons (Fsp3) is 0.364. The zero-order valence-electron chi connectivity index (χ0n) is 9.29. The lowest BCUT2D eigenvalue weighted by Crippen LogP contribution is -2.28. The summed E-state index contributed by atoms with van der Waals surface area (Å²) in [7, 11) is 1.76. The van der Waals surface area contributed by atoms with Crippen LogP contribution >= 0.6 is 0 Å². The van der Waals surface area contributed by atoms with Gasteiger partial charge in [0, 0.05) is 6.54 Å². The van der Waals surface area contributed by atoms with Crippen LogP contribution in [0.4, 0.5) is 14.9 Å². The summed E-state index contributed by atoms with van der Waals surface area (Å²) in [4.78, 5) is 11.3. The third-order valence-corrected chi connectivity index (χ3v) is 1.91. The van der Waals surface area contributed by atoms with Gasteiger partial charge in [0.1, 0.15) is 11.9 Å². The van der Waals surface area contributed by atoms with E-state index in [1.54, 1.807) is 26.1 Å². The number of carbonyl (C=O) groups excluding carboxylic acids is 1. The van der Waals surface area contributed by atoms with E-state index in [1.807, 2.05) is 0 Å². The van der Waals surface area contributed by atoms with Gasteiger partial charge in [0.05, 0.1) is 5.69 Å². The first-order chi connectivity index (χ1) is 7.63. The molecule has 0 spiro atoms. The van der Waals surface area contributed by atoms with Crippen LogP contribution in [0.25, 0.3) is 0 Å². The molecule has 1 rings (SSSR count). The van der Waals surface area contributed by atoms with Crippen LogP contribution in [-0.2, 0) is 4.74 Å². The van der Waals surface area contributed by atoms with Crippen LogP contribution < -0.4 is 10.6 Å². The Kier molecular flexibility index (Phi) is 4.72. The van der Waals surface area contributed by atoms with Gasteiger partial charge in [-0.15, -0.1) is 0 Å². The lowest BCUT2D eigenvalue weighted by molar-refractivity contribution is 0.121. The molecule has 0 aliphatic heterocycles. The van der Waals surface area contributed by atoms with Gasteiger partial charge in [-0.05, 0) is 26.1 Å². The smallest absolute Gasteiger partial charge is 0.412 e.